The Morgan fingerprint density at radius 3 is 2.57 bits per heavy atom. The number of carbonyl (C=O) groups is 1. The van der Waals surface area contributed by atoms with Crippen molar-refractivity contribution < 1.29 is 19.4 Å². The molecule has 5 heteroatoms. The van der Waals surface area contributed by atoms with Crippen LogP contribution in [0.3, 0.4) is 0 Å². The maximum Gasteiger partial charge on any atom is 0.363 e. The van der Waals surface area contributed by atoms with Gasteiger partial charge >= 0.3 is 5.97 Å². The Bertz CT molecular complexity index is 819. The van der Waals surface area contributed by atoms with E-state index < -0.39 is 5.97 Å². The third-order valence-corrected chi connectivity index (χ3v) is 3.43. The van der Waals surface area contributed by atoms with E-state index in [4.69, 9.17) is 9.47 Å². The highest BCUT2D eigenvalue weighted by molar-refractivity contribution is 6.12. The lowest BCUT2D eigenvalue weighted by atomic mass is 10.1. The molecule has 23 heavy (non-hydrogen) atoms. The average molecular weight is 309 g/mol. The molecule has 116 valence electrons. The lowest BCUT2D eigenvalue weighted by molar-refractivity contribution is -0.129. The number of aliphatic imine (C=N–C) groups is 1. The Balaban J connectivity index is 1.91. The third-order valence-electron chi connectivity index (χ3n) is 3.43. The van der Waals surface area contributed by atoms with Crippen LogP contribution in [0.5, 0.6) is 11.5 Å². The first-order chi connectivity index (χ1) is 11.1. The number of cyclic esters (lactones) is 1. The highest BCUT2D eigenvalue weighted by Crippen LogP contribution is 2.28. The number of esters is 1. The molecule has 1 N–H and O–H groups in total. The van der Waals surface area contributed by atoms with Crippen molar-refractivity contribution in [1.29, 1.82) is 0 Å². The molecule has 0 atom stereocenters. The average Bonchev–Trinajstić information content (AvgIpc) is 2.89. The molecular formula is C18H15NO4. The monoisotopic (exact) mass is 309 g/mol. The van der Waals surface area contributed by atoms with Gasteiger partial charge in [-0.15, -0.1) is 0 Å². The van der Waals surface area contributed by atoms with E-state index in [0.717, 1.165) is 11.1 Å². The number of hydrogen-bond donors (Lipinski definition) is 1. The van der Waals surface area contributed by atoms with Crippen LogP contribution < -0.4 is 4.74 Å². The predicted octanol–water partition coefficient (Wildman–Crippen LogP) is 3.05. The van der Waals surface area contributed by atoms with Crippen LogP contribution in [0.4, 0.5) is 0 Å². The number of phenols is 1. The number of carbonyl (C=O) groups excluding carboxylic acids is 1. The zero-order chi connectivity index (χ0) is 16.4. The molecule has 0 fully saturated rings. The quantitative estimate of drug-likeness (QED) is 0.699. The van der Waals surface area contributed by atoms with Gasteiger partial charge in [0.2, 0.25) is 5.90 Å². The molecule has 2 aromatic rings. The molecule has 0 saturated heterocycles. The molecule has 2 aromatic carbocycles. The van der Waals surface area contributed by atoms with E-state index in [0.29, 0.717) is 11.3 Å². The molecule has 5 nitrogen and oxygen atoms in total. The van der Waals surface area contributed by atoms with Crippen molar-refractivity contribution in [2.75, 3.05) is 7.11 Å². The maximum atomic E-state index is 11.9. The van der Waals surface area contributed by atoms with Gasteiger partial charge in [-0.3, -0.25) is 0 Å². The van der Waals surface area contributed by atoms with Gasteiger partial charge in [-0.05, 0) is 42.8 Å². The fraction of sp³-hybridized carbons (Fsp3) is 0.111. The highest BCUT2D eigenvalue weighted by Gasteiger charge is 2.24. The summed E-state index contributed by atoms with van der Waals surface area (Å²) in [6.07, 6.45) is 1.56. The Hall–Kier alpha value is -3.08. The summed E-state index contributed by atoms with van der Waals surface area (Å²) in [4.78, 5) is 16.2. The second kappa shape index (κ2) is 5.96. The number of methoxy groups -OCH3 is 1. The van der Waals surface area contributed by atoms with Gasteiger partial charge < -0.3 is 14.6 Å². The van der Waals surface area contributed by atoms with Gasteiger partial charge in [0.1, 0.15) is 0 Å². The van der Waals surface area contributed by atoms with E-state index in [1.807, 2.05) is 31.2 Å². The van der Waals surface area contributed by atoms with E-state index in [-0.39, 0.29) is 17.3 Å². The Kier molecular flexibility index (Phi) is 3.85. The molecule has 1 aliphatic rings. The van der Waals surface area contributed by atoms with Crippen molar-refractivity contribution in [3.05, 3.63) is 64.9 Å². The largest absolute Gasteiger partial charge is 0.504 e. The summed E-state index contributed by atoms with van der Waals surface area (Å²) >= 11 is 0. The van der Waals surface area contributed by atoms with Gasteiger partial charge in [0.15, 0.2) is 17.2 Å². The van der Waals surface area contributed by atoms with Crippen molar-refractivity contribution in [2.45, 2.75) is 6.92 Å². The summed E-state index contributed by atoms with van der Waals surface area (Å²) in [5.74, 6) is 0.121. The minimum Gasteiger partial charge on any atom is -0.504 e. The number of aryl methyl sites for hydroxylation is 1. The van der Waals surface area contributed by atoms with E-state index in [1.165, 1.54) is 13.2 Å². The molecule has 0 radical (unpaired) electrons. The van der Waals surface area contributed by atoms with Gasteiger partial charge in [0.25, 0.3) is 0 Å². The molecular weight excluding hydrogens is 294 g/mol. The summed E-state index contributed by atoms with van der Waals surface area (Å²) in [6, 6.07) is 12.4. The maximum absolute atomic E-state index is 11.9. The van der Waals surface area contributed by atoms with Crippen molar-refractivity contribution in [1.82, 2.24) is 0 Å². The fourth-order valence-corrected chi connectivity index (χ4v) is 2.18. The van der Waals surface area contributed by atoms with Gasteiger partial charge in [-0.25, -0.2) is 9.79 Å². The summed E-state index contributed by atoms with van der Waals surface area (Å²) in [5.41, 5.74) is 2.67. The van der Waals surface area contributed by atoms with Crippen LogP contribution in [0.15, 0.2) is 53.2 Å². The topological polar surface area (TPSA) is 68.1 Å². The molecule has 0 aromatic heterocycles. The number of rotatable bonds is 3. The van der Waals surface area contributed by atoms with E-state index in [1.54, 1.807) is 18.2 Å². The minimum atomic E-state index is -0.518. The Morgan fingerprint density at radius 2 is 1.91 bits per heavy atom. The molecule has 0 bridgehead atoms. The van der Waals surface area contributed by atoms with Crippen LogP contribution >= 0.6 is 0 Å². The summed E-state index contributed by atoms with van der Waals surface area (Å²) in [7, 11) is 1.47. The Labute approximate surface area is 133 Å². The first-order valence-corrected chi connectivity index (χ1v) is 7.03. The molecule has 0 unspecified atom stereocenters. The van der Waals surface area contributed by atoms with Gasteiger partial charge in [0.05, 0.1) is 7.11 Å². The van der Waals surface area contributed by atoms with Crippen molar-refractivity contribution in [3.63, 3.8) is 0 Å². The molecule has 1 heterocycles. The number of hydrogen-bond acceptors (Lipinski definition) is 5. The smallest absolute Gasteiger partial charge is 0.363 e. The van der Waals surface area contributed by atoms with Crippen LogP contribution in [0.1, 0.15) is 16.7 Å². The standard InChI is InChI=1S/C18H15NO4/c1-11-3-6-13(7-4-11)17-19-14(18(21)23-17)9-12-5-8-16(22-2)15(20)10-12/h3-10,20H,1-2H3/b14-9+. The van der Waals surface area contributed by atoms with Crippen LogP contribution in [0.25, 0.3) is 6.08 Å². The van der Waals surface area contributed by atoms with Crippen molar-refractivity contribution in [2.24, 2.45) is 4.99 Å². The molecule has 3 rings (SSSR count). The van der Waals surface area contributed by atoms with Crippen LogP contribution in [-0.2, 0) is 9.53 Å². The lowest BCUT2D eigenvalue weighted by Crippen LogP contribution is -2.05. The molecule has 0 spiro atoms. The second-order valence-corrected chi connectivity index (χ2v) is 5.13. The highest BCUT2D eigenvalue weighted by atomic mass is 16.6. The predicted molar refractivity (Wildman–Crippen MR) is 86.4 cm³/mol. The van der Waals surface area contributed by atoms with Crippen LogP contribution in [0, 0.1) is 6.92 Å². The Morgan fingerprint density at radius 1 is 1.17 bits per heavy atom. The van der Waals surface area contributed by atoms with E-state index in [9.17, 15) is 9.90 Å². The van der Waals surface area contributed by atoms with Crippen molar-refractivity contribution in [3.8, 4) is 11.5 Å². The molecule has 0 saturated carbocycles. The number of nitrogens with zero attached hydrogens (tertiary/aromatic N) is 1. The van der Waals surface area contributed by atoms with E-state index in [2.05, 4.69) is 4.99 Å². The molecule has 0 amide bonds. The summed E-state index contributed by atoms with van der Waals surface area (Å²) < 4.78 is 10.2. The second-order valence-electron chi connectivity index (χ2n) is 5.13. The fourth-order valence-electron chi connectivity index (χ4n) is 2.18. The van der Waals surface area contributed by atoms with Gasteiger partial charge in [0, 0.05) is 5.56 Å². The van der Waals surface area contributed by atoms with Crippen LogP contribution in [-0.4, -0.2) is 24.1 Å². The SMILES string of the molecule is COc1ccc(/C=C2/N=C(c3ccc(C)cc3)OC2=O)cc1O. The number of aromatic hydroxyl groups is 1. The lowest BCUT2D eigenvalue weighted by Gasteiger charge is -2.03. The van der Waals surface area contributed by atoms with E-state index >= 15 is 0 Å². The third kappa shape index (κ3) is 3.08. The normalized spacial score (nSPS) is 15.5. The number of phenolic OH excluding ortho intramolecular Hbond substituents is 1. The summed E-state index contributed by atoms with van der Waals surface area (Å²) in [5, 5.41) is 9.78. The molecule has 0 aliphatic carbocycles. The zero-order valence-electron chi connectivity index (χ0n) is 12.7. The number of benzene rings is 2. The van der Waals surface area contributed by atoms with Crippen LogP contribution in [0.2, 0.25) is 0 Å². The first-order valence-electron chi connectivity index (χ1n) is 7.03. The molecule has 1 aliphatic heterocycles. The van der Waals surface area contributed by atoms with Gasteiger partial charge in [-0.2, -0.15) is 0 Å². The zero-order valence-corrected chi connectivity index (χ0v) is 12.7. The van der Waals surface area contributed by atoms with Gasteiger partial charge in [-0.1, -0.05) is 23.8 Å². The van der Waals surface area contributed by atoms with Crippen molar-refractivity contribution >= 4 is 17.9 Å². The summed E-state index contributed by atoms with van der Waals surface area (Å²) in [6.45, 7) is 1.98. The first kappa shape index (κ1) is 14.8. The minimum absolute atomic E-state index is 0.00375. The number of ether oxygens (including phenoxy) is 2.